The van der Waals surface area contributed by atoms with Crippen LogP contribution in [0.1, 0.15) is 27.7 Å². The van der Waals surface area contributed by atoms with Gasteiger partial charge in [0.25, 0.3) is 5.91 Å². The fourth-order valence-corrected chi connectivity index (χ4v) is 3.55. The third-order valence-electron chi connectivity index (χ3n) is 4.56. The Kier molecular flexibility index (Phi) is 4.33. The number of aromatic hydroxyl groups is 1. The first-order valence-electron chi connectivity index (χ1n) is 8.37. The molecule has 1 aliphatic rings. The number of hydrogen-bond acceptors (Lipinski definition) is 4. The number of aromatic nitrogens is 1. The second-order valence-corrected chi connectivity index (χ2v) is 6.57. The highest BCUT2D eigenvalue weighted by molar-refractivity contribution is 6.31. The molecule has 2 N–H and O–H groups in total. The van der Waals surface area contributed by atoms with Crippen LogP contribution in [-0.4, -0.2) is 22.4 Å². The van der Waals surface area contributed by atoms with Gasteiger partial charge >= 0.3 is 0 Å². The molecule has 0 saturated carbocycles. The standard InChI is InChI=1S/C20H16ClN3O3/c21-15-9-5-4-8-14(15)17(13-6-2-1-3-7-13)24-12-22-20(27)18-19(26)16(25)10-11-23(18)24/h1-11,17,26H,12H2,(H,22,27). The Balaban J connectivity index is 1.94. The van der Waals surface area contributed by atoms with E-state index in [1.54, 1.807) is 6.07 Å². The van der Waals surface area contributed by atoms with Crippen LogP contribution in [0.5, 0.6) is 5.75 Å². The van der Waals surface area contributed by atoms with E-state index in [2.05, 4.69) is 5.32 Å². The van der Waals surface area contributed by atoms with Crippen LogP contribution in [0.2, 0.25) is 5.02 Å². The lowest BCUT2D eigenvalue weighted by atomic mass is 9.98. The Morgan fingerprint density at radius 2 is 1.70 bits per heavy atom. The molecule has 2 heterocycles. The third-order valence-corrected chi connectivity index (χ3v) is 4.90. The lowest BCUT2D eigenvalue weighted by molar-refractivity contribution is 0.0915. The summed E-state index contributed by atoms with van der Waals surface area (Å²) in [4.78, 5) is 24.1. The average Bonchev–Trinajstić information content (AvgIpc) is 2.68. The molecular weight excluding hydrogens is 366 g/mol. The Morgan fingerprint density at radius 3 is 2.44 bits per heavy atom. The van der Waals surface area contributed by atoms with Crippen molar-refractivity contribution < 1.29 is 9.90 Å². The van der Waals surface area contributed by atoms with Crippen LogP contribution >= 0.6 is 11.6 Å². The van der Waals surface area contributed by atoms with Crippen LogP contribution in [-0.2, 0) is 0 Å². The van der Waals surface area contributed by atoms with E-state index in [4.69, 9.17) is 11.6 Å². The van der Waals surface area contributed by atoms with Crippen molar-refractivity contribution >= 4 is 17.5 Å². The van der Waals surface area contributed by atoms with Crippen LogP contribution in [0.15, 0.2) is 71.7 Å². The van der Waals surface area contributed by atoms with Crippen molar-refractivity contribution in [3.05, 3.63) is 98.9 Å². The number of carbonyl (C=O) groups excluding carboxylic acids is 1. The highest BCUT2D eigenvalue weighted by Gasteiger charge is 2.32. The van der Waals surface area contributed by atoms with Gasteiger partial charge in [0.2, 0.25) is 5.43 Å². The van der Waals surface area contributed by atoms with Gasteiger partial charge in [-0.2, -0.15) is 0 Å². The Bertz CT molecular complexity index is 1070. The number of fused-ring (bicyclic) bond motifs is 1. The first kappa shape index (κ1) is 17.2. The van der Waals surface area contributed by atoms with Gasteiger partial charge in [0.05, 0.1) is 6.04 Å². The topological polar surface area (TPSA) is 74.6 Å². The number of pyridine rings is 1. The molecule has 0 radical (unpaired) electrons. The summed E-state index contributed by atoms with van der Waals surface area (Å²) in [6.45, 7) is 0.179. The molecule has 0 saturated heterocycles. The first-order valence-corrected chi connectivity index (χ1v) is 8.75. The molecule has 27 heavy (non-hydrogen) atoms. The summed E-state index contributed by atoms with van der Waals surface area (Å²) in [5.41, 5.74) is 1.09. The molecule has 6 nitrogen and oxygen atoms in total. The van der Waals surface area contributed by atoms with E-state index in [9.17, 15) is 14.7 Å². The number of benzene rings is 2. The molecule has 3 aromatic rings. The molecule has 0 aliphatic carbocycles. The lowest BCUT2D eigenvalue weighted by Crippen LogP contribution is -2.53. The molecule has 1 atom stereocenters. The molecule has 1 unspecified atom stereocenters. The normalized spacial score (nSPS) is 14.4. The van der Waals surface area contributed by atoms with Crippen LogP contribution in [0.25, 0.3) is 0 Å². The van der Waals surface area contributed by atoms with Gasteiger partial charge in [0.1, 0.15) is 6.67 Å². The predicted octanol–water partition coefficient (Wildman–Crippen LogP) is 2.64. The first-order chi connectivity index (χ1) is 13.1. The van der Waals surface area contributed by atoms with E-state index >= 15 is 0 Å². The zero-order valence-electron chi connectivity index (χ0n) is 14.2. The highest BCUT2D eigenvalue weighted by Crippen LogP contribution is 2.33. The van der Waals surface area contributed by atoms with Gasteiger partial charge in [0.15, 0.2) is 11.4 Å². The second kappa shape index (κ2) is 6.81. The van der Waals surface area contributed by atoms with Crippen LogP contribution in [0.3, 0.4) is 0 Å². The summed E-state index contributed by atoms with van der Waals surface area (Å²) < 4.78 is 1.51. The summed E-state index contributed by atoms with van der Waals surface area (Å²) in [6.07, 6.45) is 1.49. The molecule has 136 valence electrons. The minimum Gasteiger partial charge on any atom is -0.502 e. The van der Waals surface area contributed by atoms with Gasteiger partial charge in [-0.1, -0.05) is 60.1 Å². The van der Waals surface area contributed by atoms with Gasteiger partial charge in [-0.05, 0) is 17.2 Å². The number of amides is 1. The molecule has 0 spiro atoms. The minimum absolute atomic E-state index is 0.0956. The lowest BCUT2D eigenvalue weighted by Gasteiger charge is -2.40. The van der Waals surface area contributed by atoms with E-state index in [0.29, 0.717) is 5.02 Å². The summed E-state index contributed by atoms with van der Waals surface area (Å²) in [5.74, 6) is -1.09. The fourth-order valence-electron chi connectivity index (χ4n) is 3.32. The smallest absolute Gasteiger partial charge is 0.275 e. The molecule has 2 aromatic carbocycles. The number of hydrogen-bond donors (Lipinski definition) is 2. The van der Waals surface area contributed by atoms with Crippen molar-refractivity contribution in [3.63, 3.8) is 0 Å². The van der Waals surface area contributed by atoms with Crippen LogP contribution in [0.4, 0.5) is 0 Å². The summed E-state index contributed by atoms with van der Waals surface area (Å²) in [6, 6.07) is 18.0. The van der Waals surface area contributed by atoms with Crippen molar-refractivity contribution in [1.29, 1.82) is 0 Å². The predicted molar refractivity (Wildman–Crippen MR) is 103 cm³/mol. The number of halogens is 1. The molecule has 1 aromatic heterocycles. The number of nitrogens with zero attached hydrogens (tertiary/aromatic N) is 2. The maximum Gasteiger partial charge on any atom is 0.275 e. The monoisotopic (exact) mass is 381 g/mol. The van der Waals surface area contributed by atoms with E-state index in [-0.39, 0.29) is 18.4 Å². The number of rotatable bonds is 3. The molecule has 1 aliphatic heterocycles. The quantitative estimate of drug-likeness (QED) is 0.731. The Labute approximate surface area is 160 Å². The van der Waals surface area contributed by atoms with Crippen molar-refractivity contribution in [2.75, 3.05) is 11.7 Å². The van der Waals surface area contributed by atoms with Crippen LogP contribution < -0.4 is 15.8 Å². The van der Waals surface area contributed by atoms with E-state index < -0.39 is 17.1 Å². The fraction of sp³-hybridized carbons (Fsp3) is 0.100. The van der Waals surface area contributed by atoms with Crippen molar-refractivity contribution in [1.82, 2.24) is 9.99 Å². The molecular formula is C20H16ClN3O3. The molecule has 7 heteroatoms. The average molecular weight is 382 g/mol. The van der Waals surface area contributed by atoms with Crippen molar-refractivity contribution in [2.45, 2.75) is 6.04 Å². The van der Waals surface area contributed by atoms with E-state index in [1.165, 1.54) is 16.9 Å². The second-order valence-electron chi connectivity index (χ2n) is 6.16. The number of nitrogens with one attached hydrogen (secondary N) is 1. The summed E-state index contributed by atoms with van der Waals surface area (Å²) in [5, 5.41) is 15.3. The van der Waals surface area contributed by atoms with Gasteiger partial charge in [-0.15, -0.1) is 0 Å². The zero-order valence-corrected chi connectivity index (χ0v) is 14.9. The maximum atomic E-state index is 12.3. The third kappa shape index (κ3) is 2.94. The summed E-state index contributed by atoms with van der Waals surface area (Å²) in [7, 11) is 0. The minimum atomic E-state index is -0.604. The molecule has 4 rings (SSSR count). The SMILES string of the molecule is O=C1NCN(C(c2ccccc2)c2ccccc2Cl)n2ccc(=O)c(O)c21. The summed E-state index contributed by atoms with van der Waals surface area (Å²) >= 11 is 6.48. The van der Waals surface area contributed by atoms with Gasteiger partial charge in [0, 0.05) is 17.3 Å². The largest absolute Gasteiger partial charge is 0.502 e. The van der Waals surface area contributed by atoms with E-state index in [1.807, 2.05) is 53.5 Å². The highest BCUT2D eigenvalue weighted by atomic mass is 35.5. The maximum absolute atomic E-state index is 12.3. The Hall–Kier alpha value is -3.25. The van der Waals surface area contributed by atoms with Gasteiger partial charge < -0.3 is 10.4 Å². The van der Waals surface area contributed by atoms with Crippen LogP contribution in [0, 0.1) is 0 Å². The van der Waals surface area contributed by atoms with E-state index in [0.717, 1.165) is 11.1 Å². The zero-order chi connectivity index (χ0) is 19.0. The van der Waals surface area contributed by atoms with Gasteiger partial charge in [-0.3, -0.25) is 19.3 Å². The Morgan fingerprint density at radius 1 is 1.00 bits per heavy atom. The van der Waals surface area contributed by atoms with Crippen molar-refractivity contribution in [2.24, 2.45) is 0 Å². The number of carbonyl (C=O) groups is 1. The molecule has 0 bridgehead atoms. The molecule has 0 fully saturated rings. The van der Waals surface area contributed by atoms with Crippen molar-refractivity contribution in [3.8, 4) is 5.75 Å². The molecule has 1 amide bonds. The van der Waals surface area contributed by atoms with Gasteiger partial charge in [-0.25, -0.2) is 0 Å².